The van der Waals surface area contributed by atoms with Crippen LogP contribution in [0.2, 0.25) is 0 Å². The molecular formula is C17H19FN5O2S+. The molecule has 4 N–H and O–H groups in total. The maximum atomic E-state index is 13.4. The van der Waals surface area contributed by atoms with Gasteiger partial charge in [0.2, 0.25) is 16.7 Å². The van der Waals surface area contributed by atoms with Gasteiger partial charge in [-0.05, 0) is 24.3 Å². The van der Waals surface area contributed by atoms with Crippen molar-refractivity contribution in [3.05, 3.63) is 46.9 Å². The molecule has 0 bridgehead atoms. The molecule has 7 nitrogen and oxygen atoms in total. The molecule has 9 heteroatoms. The van der Waals surface area contributed by atoms with Crippen molar-refractivity contribution in [1.29, 1.82) is 0 Å². The Morgan fingerprint density at radius 1 is 1.35 bits per heavy atom. The van der Waals surface area contributed by atoms with E-state index in [0.29, 0.717) is 17.8 Å². The summed E-state index contributed by atoms with van der Waals surface area (Å²) in [5.74, 6) is -0.615. The highest BCUT2D eigenvalue weighted by atomic mass is 32.1. The lowest BCUT2D eigenvalue weighted by molar-refractivity contribution is -0.930. The number of hydrogen-bond acceptors (Lipinski definition) is 5. The molecule has 0 saturated carbocycles. The Balaban J connectivity index is 1.72. The van der Waals surface area contributed by atoms with Gasteiger partial charge in [-0.25, -0.2) is 9.37 Å². The molecule has 0 aliphatic carbocycles. The van der Waals surface area contributed by atoms with Gasteiger partial charge in [-0.3, -0.25) is 4.79 Å². The van der Waals surface area contributed by atoms with Crippen LogP contribution in [0.15, 0.2) is 30.6 Å². The number of benzene rings is 1. The third-order valence-electron chi connectivity index (χ3n) is 5.04. The standard InChI is InChI=1S/C17H18FN5O2S/c18-12-3-1-10(2-4-12)13(22-7-5-11(6-8-22)15(19)24)14-16(25)23-17(26-14)20-9-21-23/h1-4,9,11,13,25H,5-8H2,(H2,19,24)/p+1/t13-/m0/s1. The maximum Gasteiger partial charge on any atom is 0.235 e. The number of nitrogens with two attached hydrogens (primary N) is 1. The number of quaternary nitrogens is 1. The SMILES string of the molecule is NC(=O)C1CC[NH+]([C@@H](c2ccc(F)cc2)c2sc3ncnn3c2O)CC1. The van der Waals surface area contributed by atoms with Gasteiger partial charge in [0, 0.05) is 24.3 Å². The van der Waals surface area contributed by atoms with Gasteiger partial charge >= 0.3 is 0 Å². The summed E-state index contributed by atoms with van der Waals surface area (Å²) in [7, 11) is 0. The molecule has 0 radical (unpaired) electrons. The average molecular weight is 376 g/mol. The summed E-state index contributed by atoms with van der Waals surface area (Å²) in [6, 6.07) is 6.14. The van der Waals surface area contributed by atoms with E-state index < -0.39 is 0 Å². The Kier molecular flexibility index (Phi) is 4.33. The topological polar surface area (TPSA) is 98.0 Å². The number of carbonyl (C=O) groups is 1. The van der Waals surface area contributed by atoms with Crippen LogP contribution in [0.1, 0.15) is 29.3 Å². The minimum Gasteiger partial charge on any atom is -0.492 e. The molecule has 136 valence electrons. The molecule has 0 spiro atoms. The van der Waals surface area contributed by atoms with Crippen molar-refractivity contribution in [3.8, 4) is 5.88 Å². The number of nitrogens with zero attached hydrogens (tertiary/aromatic N) is 3. The van der Waals surface area contributed by atoms with Crippen LogP contribution in [0.4, 0.5) is 4.39 Å². The van der Waals surface area contributed by atoms with Crippen molar-refractivity contribution in [3.63, 3.8) is 0 Å². The summed E-state index contributed by atoms with van der Waals surface area (Å²) in [6.45, 7) is 1.48. The number of aromatic hydroxyl groups is 1. The van der Waals surface area contributed by atoms with Gasteiger partial charge in [-0.1, -0.05) is 11.3 Å². The molecule has 1 atom stereocenters. The van der Waals surface area contributed by atoms with Gasteiger partial charge in [-0.15, -0.1) is 0 Å². The van der Waals surface area contributed by atoms with Gasteiger partial charge in [0.1, 0.15) is 17.0 Å². The molecule has 26 heavy (non-hydrogen) atoms. The van der Waals surface area contributed by atoms with Crippen molar-refractivity contribution >= 4 is 22.2 Å². The molecule has 1 saturated heterocycles. The van der Waals surface area contributed by atoms with Crippen LogP contribution in [-0.4, -0.2) is 38.7 Å². The van der Waals surface area contributed by atoms with Crippen LogP contribution in [0.3, 0.4) is 0 Å². The summed E-state index contributed by atoms with van der Waals surface area (Å²) >= 11 is 1.37. The molecule has 1 amide bonds. The molecule has 4 rings (SSSR count). The number of primary amides is 1. The van der Waals surface area contributed by atoms with E-state index in [9.17, 15) is 14.3 Å². The molecule has 1 aliphatic rings. The van der Waals surface area contributed by atoms with Crippen molar-refractivity contribution in [2.75, 3.05) is 13.1 Å². The van der Waals surface area contributed by atoms with Gasteiger partial charge in [-0.2, -0.15) is 9.61 Å². The van der Waals surface area contributed by atoms with E-state index in [4.69, 9.17) is 5.73 Å². The van der Waals surface area contributed by atoms with E-state index >= 15 is 0 Å². The maximum absolute atomic E-state index is 13.4. The van der Waals surface area contributed by atoms with Crippen molar-refractivity contribution < 1.29 is 19.2 Å². The van der Waals surface area contributed by atoms with E-state index in [1.807, 2.05) is 0 Å². The first kappa shape index (κ1) is 16.9. The fraction of sp³-hybridized carbons (Fsp3) is 0.353. The Morgan fingerprint density at radius 2 is 2.04 bits per heavy atom. The Morgan fingerprint density at radius 3 is 2.65 bits per heavy atom. The molecule has 3 aromatic rings. The summed E-state index contributed by atoms with van der Waals surface area (Å²) in [6.07, 6.45) is 2.79. The largest absolute Gasteiger partial charge is 0.492 e. The van der Waals surface area contributed by atoms with Crippen LogP contribution in [-0.2, 0) is 4.79 Å². The minimum atomic E-state index is -0.304. The lowest BCUT2D eigenvalue weighted by Gasteiger charge is -2.33. The summed E-state index contributed by atoms with van der Waals surface area (Å²) in [5, 5.41) is 14.7. The first-order chi connectivity index (χ1) is 12.5. The van der Waals surface area contributed by atoms with E-state index in [0.717, 1.165) is 23.5 Å². The second-order valence-corrected chi connectivity index (χ2v) is 7.57. The highest BCUT2D eigenvalue weighted by Gasteiger charge is 2.36. The van der Waals surface area contributed by atoms with Crippen LogP contribution in [0.5, 0.6) is 5.88 Å². The highest BCUT2D eigenvalue weighted by molar-refractivity contribution is 7.17. The Labute approximate surface area is 152 Å². The molecule has 1 fully saturated rings. The van der Waals surface area contributed by atoms with Crippen LogP contribution < -0.4 is 10.6 Å². The fourth-order valence-electron chi connectivity index (χ4n) is 3.67. The average Bonchev–Trinajstić information content (AvgIpc) is 3.21. The molecule has 1 aliphatic heterocycles. The van der Waals surface area contributed by atoms with E-state index in [2.05, 4.69) is 10.1 Å². The van der Waals surface area contributed by atoms with Crippen molar-refractivity contribution in [1.82, 2.24) is 14.6 Å². The number of fused-ring (bicyclic) bond motifs is 1. The summed E-state index contributed by atoms with van der Waals surface area (Å²) in [5.41, 5.74) is 6.34. The minimum absolute atomic E-state index is 0.0568. The normalized spacial score (nSPS) is 21.7. The summed E-state index contributed by atoms with van der Waals surface area (Å²) < 4.78 is 14.8. The van der Waals surface area contributed by atoms with Crippen molar-refractivity contribution in [2.24, 2.45) is 11.7 Å². The van der Waals surface area contributed by atoms with E-state index in [1.165, 1.54) is 39.2 Å². The van der Waals surface area contributed by atoms with E-state index in [-0.39, 0.29) is 29.6 Å². The number of likely N-dealkylation sites (tertiary alicyclic amines) is 1. The number of amides is 1. The quantitative estimate of drug-likeness (QED) is 0.618. The zero-order valence-corrected chi connectivity index (χ0v) is 14.7. The number of rotatable bonds is 4. The van der Waals surface area contributed by atoms with Crippen molar-refractivity contribution in [2.45, 2.75) is 18.9 Å². The van der Waals surface area contributed by atoms with Gasteiger partial charge < -0.3 is 15.7 Å². The predicted octanol–water partition coefficient (Wildman–Crippen LogP) is 0.505. The van der Waals surface area contributed by atoms with Gasteiger partial charge in [0.25, 0.3) is 0 Å². The van der Waals surface area contributed by atoms with Crippen LogP contribution in [0.25, 0.3) is 4.96 Å². The number of piperidine rings is 1. The number of halogens is 1. The number of carbonyl (C=O) groups excluding carboxylic acids is 1. The lowest BCUT2D eigenvalue weighted by Crippen LogP contribution is -3.13. The summed E-state index contributed by atoms with van der Waals surface area (Å²) in [4.78, 5) is 18.2. The second kappa shape index (κ2) is 6.65. The smallest absolute Gasteiger partial charge is 0.235 e. The van der Waals surface area contributed by atoms with E-state index in [1.54, 1.807) is 12.1 Å². The second-order valence-electron chi connectivity index (χ2n) is 6.56. The zero-order chi connectivity index (χ0) is 18.3. The molecule has 0 unspecified atom stereocenters. The Hall–Kier alpha value is -2.52. The lowest BCUT2D eigenvalue weighted by atomic mass is 9.93. The highest BCUT2D eigenvalue weighted by Crippen LogP contribution is 2.35. The first-order valence-corrected chi connectivity index (χ1v) is 9.27. The number of nitrogens with one attached hydrogen (secondary N) is 1. The third kappa shape index (κ3) is 2.93. The van der Waals surface area contributed by atoms with Crippen LogP contribution in [0, 0.1) is 11.7 Å². The van der Waals surface area contributed by atoms with Gasteiger partial charge in [0.05, 0.1) is 13.1 Å². The molecule has 2 aromatic heterocycles. The first-order valence-electron chi connectivity index (χ1n) is 8.45. The van der Waals surface area contributed by atoms with Gasteiger partial charge in [0.15, 0.2) is 6.04 Å². The number of thiazole rings is 1. The number of hydrogen-bond donors (Lipinski definition) is 3. The number of aromatic nitrogens is 3. The molecule has 3 heterocycles. The monoisotopic (exact) mass is 376 g/mol. The van der Waals surface area contributed by atoms with Crippen LogP contribution >= 0.6 is 11.3 Å². The zero-order valence-electron chi connectivity index (χ0n) is 13.9. The molecular weight excluding hydrogens is 357 g/mol. The fourth-order valence-corrected chi connectivity index (χ4v) is 4.79. The Bertz CT molecular complexity index is 930. The third-order valence-corrected chi connectivity index (χ3v) is 6.14. The predicted molar refractivity (Wildman–Crippen MR) is 93.4 cm³/mol. The molecule has 1 aromatic carbocycles.